The van der Waals surface area contributed by atoms with Crippen molar-refractivity contribution in [3.8, 4) is 5.75 Å². The number of likely N-dealkylation sites (N-methyl/N-ethyl adjacent to an activating group) is 1. The summed E-state index contributed by atoms with van der Waals surface area (Å²) in [5.41, 5.74) is -1.29. The van der Waals surface area contributed by atoms with Gasteiger partial charge in [-0.1, -0.05) is 29.8 Å². The highest BCUT2D eigenvalue weighted by Gasteiger charge is 2.67. The quantitative estimate of drug-likeness (QED) is 0.193. The molecular formula is C34H48ClN3O8. The molecule has 0 radical (unpaired) electrons. The van der Waals surface area contributed by atoms with Gasteiger partial charge in [0, 0.05) is 36.5 Å². The number of rotatable bonds is 14. The highest BCUT2D eigenvalue weighted by molar-refractivity contribution is 6.31. The molecule has 2 aliphatic heterocycles. The molecule has 254 valence electrons. The zero-order chi connectivity index (χ0) is 33.9. The van der Waals surface area contributed by atoms with Gasteiger partial charge in [-0.05, 0) is 90.0 Å². The molecule has 2 amide bonds. The second-order valence-corrected chi connectivity index (χ2v) is 14.0. The van der Waals surface area contributed by atoms with E-state index in [1.807, 2.05) is 43.3 Å². The van der Waals surface area contributed by atoms with E-state index in [1.165, 1.54) is 0 Å². The van der Waals surface area contributed by atoms with Crippen LogP contribution in [0.1, 0.15) is 63.6 Å². The summed E-state index contributed by atoms with van der Waals surface area (Å²) in [6.45, 7) is 8.13. The lowest BCUT2D eigenvalue weighted by molar-refractivity contribution is -0.319. The van der Waals surface area contributed by atoms with Crippen molar-refractivity contribution in [2.75, 3.05) is 40.4 Å². The number of halogens is 1. The lowest BCUT2D eigenvalue weighted by Gasteiger charge is -2.48. The van der Waals surface area contributed by atoms with Crippen LogP contribution in [-0.2, 0) is 31.3 Å². The maximum atomic E-state index is 12.4. The molecule has 11 nitrogen and oxygen atoms in total. The Labute approximate surface area is 276 Å². The Hall–Kier alpha value is -2.77. The summed E-state index contributed by atoms with van der Waals surface area (Å²) in [5.74, 6) is -1.44. The minimum Gasteiger partial charge on any atom is -0.494 e. The normalized spacial score (nSPS) is 24.6. The monoisotopic (exact) mass is 661 g/mol. The van der Waals surface area contributed by atoms with E-state index in [9.17, 15) is 24.9 Å². The van der Waals surface area contributed by atoms with Crippen molar-refractivity contribution in [1.29, 1.82) is 0 Å². The Morgan fingerprint density at radius 2 is 1.80 bits per heavy atom. The highest BCUT2D eigenvalue weighted by Crippen LogP contribution is 2.53. The second kappa shape index (κ2) is 14.1. The zero-order valence-electron chi connectivity index (χ0n) is 27.6. The average molecular weight is 662 g/mol. The third-order valence-electron chi connectivity index (χ3n) is 8.72. The van der Waals surface area contributed by atoms with Crippen LogP contribution in [0, 0.1) is 0 Å². The molecule has 12 heteroatoms. The lowest BCUT2D eigenvalue weighted by atomic mass is 9.77. The first-order valence-corrected chi connectivity index (χ1v) is 16.0. The summed E-state index contributed by atoms with van der Waals surface area (Å²) in [4.78, 5) is 26.8. The van der Waals surface area contributed by atoms with E-state index >= 15 is 0 Å². The molecule has 2 aromatic rings. The number of aliphatic hydroxyl groups is 3. The molecule has 5 N–H and O–H groups in total. The van der Waals surface area contributed by atoms with Crippen LogP contribution < -0.4 is 15.4 Å². The van der Waals surface area contributed by atoms with E-state index in [2.05, 4.69) is 10.6 Å². The molecule has 2 fully saturated rings. The fraction of sp³-hybridized carbons (Fsp3) is 0.588. The first-order valence-electron chi connectivity index (χ1n) is 15.7. The van der Waals surface area contributed by atoms with E-state index in [4.69, 9.17) is 25.8 Å². The Balaban J connectivity index is 1.31. The molecule has 0 aromatic heterocycles. The van der Waals surface area contributed by atoms with Crippen molar-refractivity contribution < 1.29 is 39.1 Å². The average Bonchev–Trinajstić information content (AvgIpc) is 3.33. The summed E-state index contributed by atoms with van der Waals surface area (Å²) in [6.07, 6.45) is -1.30. The minimum atomic E-state index is -1.64. The van der Waals surface area contributed by atoms with Crippen molar-refractivity contribution in [2.45, 2.75) is 88.1 Å². The molecule has 0 aliphatic carbocycles. The number of carbonyl (C=O) groups excluding carboxylic acids is 2. The number of carbonyl (C=O) groups is 2. The summed E-state index contributed by atoms with van der Waals surface area (Å²) in [6, 6.07) is 12.7. The van der Waals surface area contributed by atoms with Crippen LogP contribution in [0.4, 0.5) is 0 Å². The molecule has 2 saturated heterocycles. The maximum absolute atomic E-state index is 12.4. The minimum absolute atomic E-state index is 0.0150. The molecule has 2 aliphatic rings. The van der Waals surface area contributed by atoms with Gasteiger partial charge >= 0.3 is 0 Å². The molecule has 0 unspecified atom stereocenters. The van der Waals surface area contributed by atoms with Crippen molar-refractivity contribution >= 4 is 23.4 Å². The smallest absolute Gasteiger partial charge is 0.245 e. The molecule has 2 heterocycles. The van der Waals surface area contributed by atoms with Gasteiger partial charge in [-0.25, -0.2) is 0 Å². The van der Waals surface area contributed by atoms with E-state index in [1.54, 1.807) is 45.9 Å². The number of benzene rings is 2. The molecule has 2 bridgehead atoms. The predicted octanol–water partition coefficient (Wildman–Crippen LogP) is 2.50. The number of nitrogens with one attached hydrogen (secondary N) is 2. The van der Waals surface area contributed by atoms with Gasteiger partial charge in [-0.2, -0.15) is 0 Å². The highest BCUT2D eigenvalue weighted by atomic mass is 35.5. The number of ether oxygens (including phenoxy) is 3. The van der Waals surface area contributed by atoms with Crippen LogP contribution in [-0.4, -0.2) is 101 Å². The van der Waals surface area contributed by atoms with Gasteiger partial charge in [0.05, 0.1) is 24.9 Å². The number of hydrogen-bond acceptors (Lipinski definition) is 9. The lowest BCUT2D eigenvalue weighted by Crippen LogP contribution is -2.62. The maximum Gasteiger partial charge on any atom is 0.245 e. The molecule has 46 heavy (non-hydrogen) atoms. The topological polar surface area (TPSA) is 150 Å². The van der Waals surface area contributed by atoms with Gasteiger partial charge in [0.1, 0.15) is 23.0 Å². The third-order valence-corrected chi connectivity index (χ3v) is 9.09. The number of hydrogen-bond donors (Lipinski definition) is 5. The number of nitrogens with zero attached hydrogens (tertiary/aromatic N) is 1. The van der Waals surface area contributed by atoms with Gasteiger partial charge in [-0.15, -0.1) is 0 Å². The summed E-state index contributed by atoms with van der Waals surface area (Å²) < 4.78 is 18.2. The van der Waals surface area contributed by atoms with E-state index in [0.29, 0.717) is 48.9 Å². The number of aliphatic hydroxyl groups excluding tert-OH is 2. The van der Waals surface area contributed by atoms with Gasteiger partial charge in [0.25, 0.3) is 0 Å². The van der Waals surface area contributed by atoms with Crippen LogP contribution in [0.3, 0.4) is 0 Å². The van der Waals surface area contributed by atoms with Gasteiger partial charge in [0.2, 0.25) is 17.6 Å². The molecule has 4 rings (SSSR count). The molecular weight excluding hydrogens is 614 g/mol. The predicted molar refractivity (Wildman–Crippen MR) is 174 cm³/mol. The molecule has 2 aromatic carbocycles. The fourth-order valence-electron chi connectivity index (χ4n) is 5.74. The fourth-order valence-corrected chi connectivity index (χ4v) is 5.93. The standard InChI is InChI=1S/C34H48ClN3O8/c1-31(2,30(42)36-15-16-38(5)6)37-28(40)8-7-17-44-25-12-9-22(10-13-25)18-23-19-24(11-14-26(23)35)34-29(41)27(39)20-33(46-34,21-45-34)32(3,4)43/h9-14,19,27,29,39,41,43H,7-8,15-18,20-21H2,1-6H3,(H,36,42)(H,37,40)/t27-,29+,33+,34-/m0/s1. The SMILES string of the molecule is CN(C)CCNC(=O)C(C)(C)NC(=O)CCCOc1ccc(Cc2cc([C@@]34OC[C@@](C(C)(C)O)(C[C@H](O)[C@H]3O)O4)ccc2Cl)cc1. The largest absolute Gasteiger partial charge is 0.494 e. The summed E-state index contributed by atoms with van der Waals surface area (Å²) >= 11 is 6.57. The molecule has 0 saturated carbocycles. The second-order valence-electron chi connectivity index (χ2n) is 13.6. The molecule has 0 spiro atoms. The van der Waals surface area contributed by atoms with Crippen molar-refractivity contribution in [2.24, 2.45) is 0 Å². The Morgan fingerprint density at radius 3 is 2.46 bits per heavy atom. The van der Waals surface area contributed by atoms with Crippen molar-refractivity contribution in [1.82, 2.24) is 15.5 Å². The summed E-state index contributed by atoms with van der Waals surface area (Å²) in [7, 11) is 3.85. The first-order chi connectivity index (χ1) is 21.5. The van der Waals surface area contributed by atoms with Gasteiger partial charge in [-0.3, -0.25) is 9.59 Å². The van der Waals surface area contributed by atoms with Crippen LogP contribution in [0.2, 0.25) is 5.02 Å². The number of amides is 2. The van der Waals surface area contributed by atoms with Crippen LogP contribution in [0.25, 0.3) is 0 Å². The van der Waals surface area contributed by atoms with Gasteiger partial charge < -0.3 is 45.1 Å². The van der Waals surface area contributed by atoms with Gasteiger partial charge in [0.15, 0.2) is 0 Å². The van der Waals surface area contributed by atoms with E-state index in [-0.39, 0.29) is 31.3 Å². The first kappa shape index (κ1) is 36.1. The van der Waals surface area contributed by atoms with Crippen LogP contribution >= 0.6 is 11.6 Å². The van der Waals surface area contributed by atoms with E-state index in [0.717, 1.165) is 11.1 Å². The Morgan fingerprint density at radius 1 is 1.11 bits per heavy atom. The number of fused-ring (bicyclic) bond motifs is 2. The van der Waals surface area contributed by atoms with E-state index < -0.39 is 34.7 Å². The van der Waals surface area contributed by atoms with Crippen LogP contribution in [0.5, 0.6) is 5.75 Å². The Bertz CT molecular complexity index is 1380. The Kier molecular flexibility index (Phi) is 11.1. The van der Waals surface area contributed by atoms with Crippen molar-refractivity contribution in [3.63, 3.8) is 0 Å². The summed E-state index contributed by atoms with van der Waals surface area (Å²) in [5, 5.41) is 38.7. The van der Waals surface area contributed by atoms with Crippen molar-refractivity contribution in [3.05, 3.63) is 64.2 Å². The van der Waals surface area contributed by atoms with Crippen LogP contribution in [0.15, 0.2) is 42.5 Å². The zero-order valence-corrected chi connectivity index (χ0v) is 28.3. The third kappa shape index (κ3) is 8.02. The molecule has 4 atom stereocenters.